The minimum Gasteiger partial charge on any atom is -0.493 e. The van der Waals surface area contributed by atoms with Gasteiger partial charge in [-0.3, -0.25) is 9.89 Å². The number of ether oxygens (including phenoxy) is 1. The first-order chi connectivity index (χ1) is 19.7. The largest absolute Gasteiger partial charge is 0.493 e. The van der Waals surface area contributed by atoms with Gasteiger partial charge in [0.15, 0.2) is 0 Å². The van der Waals surface area contributed by atoms with E-state index in [1.165, 1.54) is 17.2 Å². The molecule has 0 spiro atoms. The first-order valence-electron chi connectivity index (χ1n) is 12.7. The van der Waals surface area contributed by atoms with E-state index in [-0.39, 0.29) is 30.3 Å². The van der Waals surface area contributed by atoms with Crippen LogP contribution < -0.4 is 10.1 Å². The second-order valence-corrected chi connectivity index (χ2v) is 10.1. The number of nitrogens with one attached hydrogen (secondary N) is 1. The fraction of sp³-hybridized carbons (Fsp3) is 0.200. The van der Waals surface area contributed by atoms with E-state index in [2.05, 4.69) is 5.32 Å². The Hall–Kier alpha value is -3.95. The molecule has 2 amide bonds. The number of carbonyl (C=O) groups is 1. The van der Waals surface area contributed by atoms with Gasteiger partial charge in [-0.25, -0.2) is 4.79 Å². The van der Waals surface area contributed by atoms with Gasteiger partial charge in [-0.1, -0.05) is 47.5 Å². The van der Waals surface area contributed by atoms with Gasteiger partial charge in [0, 0.05) is 10.0 Å². The lowest BCUT2D eigenvalue weighted by Gasteiger charge is -2.30. The second kappa shape index (κ2) is 11.9. The fourth-order valence-corrected chi connectivity index (χ4v) is 4.94. The number of alkyl halides is 3. The number of amidine groups is 1. The summed E-state index contributed by atoms with van der Waals surface area (Å²) in [5, 5.41) is 3.88. The molecular weight excluding hydrogens is 578 g/mol. The van der Waals surface area contributed by atoms with Crippen LogP contribution in [0.15, 0.2) is 94.5 Å². The van der Waals surface area contributed by atoms with Crippen LogP contribution >= 0.6 is 23.2 Å². The standard InChI is InChI=1S/C30H24Cl2F3N3O3/c1-2-40-25-16-20(30(33,34)35)9-14-24(25)28-37-26(18-5-10-21(31)11-6-18)27(19-7-12-22(32)13-8-19)38(28)29(39)36-17-23-4-3-15-41-23/h3-16,26-27H,2,17H2,1H3,(H,36,39). The van der Waals surface area contributed by atoms with Crippen molar-refractivity contribution in [3.63, 3.8) is 0 Å². The molecule has 2 heterocycles. The first-order valence-corrected chi connectivity index (χ1v) is 13.4. The van der Waals surface area contributed by atoms with Crippen molar-refractivity contribution in [1.29, 1.82) is 0 Å². The van der Waals surface area contributed by atoms with E-state index in [1.54, 1.807) is 67.6 Å². The van der Waals surface area contributed by atoms with Crippen LogP contribution in [-0.4, -0.2) is 23.4 Å². The Bertz CT molecular complexity index is 1540. The summed E-state index contributed by atoms with van der Waals surface area (Å²) in [6.45, 7) is 1.86. The van der Waals surface area contributed by atoms with Crippen LogP contribution in [0, 0.1) is 0 Å². The summed E-state index contributed by atoms with van der Waals surface area (Å²) in [6, 6.07) is 18.8. The molecule has 6 nitrogen and oxygen atoms in total. The minimum absolute atomic E-state index is 0.0449. The Morgan fingerprint density at radius 3 is 2.24 bits per heavy atom. The van der Waals surface area contributed by atoms with Gasteiger partial charge in [-0.05, 0) is 72.6 Å². The van der Waals surface area contributed by atoms with E-state index in [0.29, 0.717) is 21.4 Å². The van der Waals surface area contributed by atoms with Gasteiger partial charge in [0.1, 0.15) is 23.4 Å². The lowest BCUT2D eigenvalue weighted by atomic mass is 9.94. The van der Waals surface area contributed by atoms with E-state index in [9.17, 15) is 18.0 Å². The summed E-state index contributed by atoms with van der Waals surface area (Å²) in [7, 11) is 0. The van der Waals surface area contributed by atoms with Crippen molar-refractivity contribution in [2.75, 3.05) is 6.61 Å². The van der Waals surface area contributed by atoms with Gasteiger partial charge in [-0.2, -0.15) is 13.2 Å². The molecule has 11 heteroatoms. The number of aliphatic imine (C=N–C) groups is 1. The summed E-state index contributed by atoms with van der Waals surface area (Å²) in [5.74, 6) is 0.633. The van der Waals surface area contributed by atoms with Gasteiger partial charge >= 0.3 is 12.2 Å². The average molecular weight is 602 g/mol. The number of urea groups is 1. The molecule has 3 aromatic carbocycles. The van der Waals surface area contributed by atoms with Crippen molar-refractivity contribution >= 4 is 35.1 Å². The Morgan fingerprint density at radius 2 is 1.66 bits per heavy atom. The van der Waals surface area contributed by atoms with E-state index in [4.69, 9.17) is 37.3 Å². The monoisotopic (exact) mass is 601 g/mol. The summed E-state index contributed by atoms with van der Waals surface area (Å²) in [5.41, 5.74) is 0.827. The summed E-state index contributed by atoms with van der Waals surface area (Å²) in [6.07, 6.45) is -3.09. The minimum atomic E-state index is -4.58. The number of furan rings is 1. The third-order valence-corrected chi connectivity index (χ3v) is 7.06. The maximum absolute atomic E-state index is 13.9. The maximum Gasteiger partial charge on any atom is 0.416 e. The SMILES string of the molecule is CCOc1cc(C(F)(F)F)ccc1C1=NC(c2ccc(Cl)cc2)C(c2ccc(Cl)cc2)N1C(=O)NCc1ccco1. The first kappa shape index (κ1) is 28.6. The number of amides is 2. The predicted molar refractivity (Wildman–Crippen MR) is 150 cm³/mol. The van der Waals surface area contributed by atoms with Crippen LogP contribution in [0.2, 0.25) is 10.0 Å². The van der Waals surface area contributed by atoms with Crippen molar-refractivity contribution in [2.24, 2.45) is 4.99 Å². The van der Waals surface area contributed by atoms with Gasteiger partial charge in [-0.15, -0.1) is 0 Å². The van der Waals surface area contributed by atoms with E-state index in [1.807, 2.05) is 0 Å². The summed E-state index contributed by atoms with van der Waals surface area (Å²) < 4.78 is 51.8. The Balaban J connectivity index is 1.67. The molecule has 1 N–H and O–H groups in total. The summed E-state index contributed by atoms with van der Waals surface area (Å²) in [4.78, 5) is 20.3. The average Bonchev–Trinajstić information content (AvgIpc) is 3.61. The van der Waals surface area contributed by atoms with Crippen LogP contribution in [0.25, 0.3) is 0 Å². The molecule has 212 valence electrons. The molecule has 1 aliphatic rings. The zero-order valence-electron chi connectivity index (χ0n) is 21.7. The number of nitrogens with zero attached hydrogens (tertiary/aromatic N) is 2. The molecule has 0 saturated carbocycles. The molecule has 5 rings (SSSR count). The normalized spacial score (nSPS) is 16.9. The predicted octanol–water partition coefficient (Wildman–Crippen LogP) is 8.46. The van der Waals surface area contributed by atoms with Crippen molar-refractivity contribution < 1.29 is 27.1 Å². The zero-order chi connectivity index (χ0) is 29.1. The summed E-state index contributed by atoms with van der Waals surface area (Å²) >= 11 is 12.3. The lowest BCUT2D eigenvalue weighted by Crippen LogP contribution is -2.44. The number of rotatable bonds is 7. The molecule has 1 aromatic heterocycles. The molecule has 0 bridgehead atoms. The Morgan fingerprint density at radius 1 is 1.00 bits per heavy atom. The molecule has 41 heavy (non-hydrogen) atoms. The lowest BCUT2D eigenvalue weighted by molar-refractivity contribution is -0.137. The van der Waals surface area contributed by atoms with E-state index in [0.717, 1.165) is 17.7 Å². The molecule has 0 saturated heterocycles. The van der Waals surface area contributed by atoms with Crippen LogP contribution in [0.4, 0.5) is 18.0 Å². The molecular formula is C30H24Cl2F3N3O3. The highest BCUT2D eigenvalue weighted by Crippen LogP contribution is 2.45. The highest BCUT2D eigenvalue weighted by atomic mass is 35.5. The van der Waals surface area contributed by atoms with Crippen LogP contribution in [0.1, 0.15) is 47.0 Å². The van der Waals surface area contributed by atoms with Gasteiger partial charge in [0.2, 0.25) is 0 Å². The smallest absolute Gasteiger partial charge is 0.416 e. The molecule has 0 fully saturated rings. The number of hydrogen-bond donors (Lipinski definition) is 1. The third kappa shape index (κ3) is 6.21. The molecule has 2 atom stereocenters. The second-order valence-electron chi connectivity index (χ2n) is 9.20. The highest BCUT2D eigenvalue weighted by molar-refractivity contribution is 6.30. The Kier molecular flexibility index (Phi) is 8.28. The number of hydrogen-bond acceptors (Lipinski definition) is 4. The highest BCUT2D eigenvalue weighted by Gasteiger charge is 2.43. The Labute approximate surface area is 244 Å². The van der Waals surface area contributed by atoms with E-state index < -0.39 is 29.9 Å². The van der Waals surface area contributed by atoms with Crippen LogP contribution in [-0.2, 0) is 12.7 Å². The van der Waals surface area contributed by atoms with E-state index >= 15 is 0 Å². The maximum atomic E-state index is 13.9. The van der Waals surface area contributed by atoms with Crippen LogP contribution in [0.3, 0.4) is 0 Å². The van der Waals surface area contributed by atoms with Crippen molar-refractivity contribution in [3.8, 4) is 5.75 Å². The number of carbonyl (C=O) groups excluding carboxylic acids is 1. The quantitative estimate of drug-likeness (QED) is 0.231. The van der Waals surface area contributed by atoms with Crippen molar-refractivity contribution in [2.45, 2.75) is 31.7 Å². The van der Waals surface area contributed by atoms with Crippen LogP contribution in [0.5, 0.6) is 5.75 Å². The van der Waals surface area contributed by atoms with Gasteiger partial charge in [0.05, 0.1) is 36.6 Å². The zero-order valence-corrected chi connectivity index (χ0v) is 23.2. The fourth-order valence-electron chi connectivity index (χ4n) is 4.69. The molecule has 2 unspecified atom stereocenters. The molecule has 4 aromatic rings. The van der Waals surface area contributed by atoms with Crippen molar-refractivity contribution in [3.05, 3.63) is 123 Å². The molecule has 1 aliphatic heterocycles. The topological polar surface area (TPSA) is 67.1 Å². The number of benzene rings is 3. The molecule has 0 aliphatic carbocycles. The van der Waals surface area contributed by atoms with Gasteiger partial charge < -0.3 is 14.5 Å². The number of halogens is 5. The van der Waals surface area contributed by atoms with Gasteiger partial charge in [0.25, 0.3) is 0 Å². The van der Waals surface area contributed by atoms with Crippen molar-refractivity contribution in [1.82, 2.24) is 10.2 Å². The third-order valence-electron chi connectivity index (χ3n) is 6.55. The molecule has 0 radical (unpaired) electrons.